The van der Waals surface area contributed by atoms with Crippen LogP contribution in [0.15, 0.2) is 47.4 Å². The van der Waals surface area contributed by atoms with Crippen molar-refractivity contribution < 1.29 is 4.79 Å². The van der Waals surface area contributed by atoms with Crippen molar-refractivity contribution in [3.05, 3.63) is 59.2 Å². The highest BCUT2D eigenvalue weighted by Crippen LogP contribution is 2.19. The number of aryl methyl sites for hydroxylation is 2. The van der Waals surface area contributed by atoms with Gasteiger partial charge >= 0.3 is 0 Å². The van der Waals surface area contributed by atoms with E-state index in [4.69, 9.17) is 0 Å². The van der Waals surface area contributed by atoms with E-state index in [0.717, 1.165) is 11.4 Å². The van der Waals surface area contributed by atoms with Crippen LogP contribution in [0.4, 0.5) is 5.69 Å². The SMILES string of the molecule is CSc1ccc(CSCC(=O)Nc2ccc(C)c(C)c2)cc1. The zero-order valence-electron chi connectivity index (χ0n) is 13.2. The zero-order chi connectivity index (χ0) is 15.9. The maximum absolute atomic E-state index is 12.0. The van der Waals surface area contributed by atoms with E-state index >= 15 is 0 Å². The van der Waals surface area contributed by atoms with Gasteiger partial charge in [-0.1, -0.05) is 18.2 Å². The van der Waals surface area contributed by atoms with E-state index in [1.165, 1.54) is 21.6 Å². The first-order valence-corrected chi connectivity index (χ1v) is 9.54. The Balaban J connectivity index is 1.78. The number of rotatable bonds is 6. The Hall–Kier alpha value is -1.39. The molecule has 22 heavy (non-hydrogen) atoms. The fourth-order valence-electron chi connectivity index (χ4n) is 2.00. The first-order chi connectivity index (χ1) is 10.6. The predicted molar refractivity (Wildman–Crippen MR) is 98.9 cm³/mol. The van der Waals surface area contributed by atoms with E-state index in [1.54, 1.807) is 23.5 Å². The molecule has 0 aliphatic carbocycles. The molecule has 0 fully saturated rings. The fourth-order valence-corrected chi connectivity index (χ4v) is 3.20. The van der Waals surface area contributed by atoms with E-state index in [9.17, 15) is 4.79 Å². The number of hydrogen-bond acceptors (Lipinski definition) is 3. The molecule has 2 aromatic carbocycles. The maximum Gasteiger partial charge on any atom is 0.234 e. The largest absolute Gasteiger partial charge is 0.325 e. The van der Waals surface area contributed by atoms with Gasteiger partial charge < -0.3 is 5.32 Å². The molecule has 0 aliphatic rings. The molecule has 2 aromatic rings. The second-order valence-corrected chi connectivity index (χ2v) is 7.05. The molecule has 1 N–H and O–H groups in total. The topological polar surface area (TPSA) is 29.1 Å². The Morgan fingerprint density at radius 3 is 2.41 bits per heavy atom. The summed E-state index contributed by atoms with van der Waals surface area (Å²) >= 11 is 3.37. The molecule has 0 heterocycles. The number of nitrogens with one attached hydrogen (secondary N) is 1. The summed E-state index contributed by atoms with van der Waals surface area (Å²) in [7, 11) is 0. The third kappa shape index (κ3) is 5.11. The summed E-state index contributed by atoms with van der Waals surface area (Å²) < 4.78 is 0. The van der Waals surface area contributed by atoms with E-state index in [1.807, 2.05) is 18.2 Å². The minimum Gasteiger partial charge on any atom is -0.325 e. The number of carbonyl (C=O) groups excluding carboxylic acids is 1. The molecule has 116 valence electrons. The number of carbonyl (C=O) groups is 1. The van der Waals surface area contributed by atoms with Crippen LogP contribution in [0.5, 0.6) is 0 Å². The first-order valence-electron chi connectivity index (χ1n) is 7.16. The van der Waals surface area contributed by atoms with E-state index in [-0.39, 0.29) is 5.91 Å². The second-order valence-electron chi connectivity index (χ2n) is 5.19. The Morgan fingerprint density at radius 2 is 1.77 bits per heavy atom. The van der Waals surface area contributed by atoms with Crippen molar-refractivity contribution in [3.63, 3.8) is 0 Å². The molecule has 0 saturated carbocycles. The van der Waals surface area contributed by atoms with E-state index in [2.05, 4.69) is 49.7 Å². The number of thioether (sulfide) groups is 2. The summed E-state index contributed by atoms with van der Waals surface area (Å²) in [5.74, 6) is 1.38. The summed E-state index contributed by atoms with van der Waals surface area (Å²) in [5, 5.41) is 2.95. The third-order valence-corrected chi connectivity index (χ3v) is 5.20. The average Bonchev–Trinajstić information content (AvgIpc) is 2.51. The van der Waals surface area contributed by atoms with Crippen LogP contribution < -0.4 is 5.32 Å². The summed E-state index contributed by atoms with van der Waals surface area (Å²) in [4.78, 5) is 13.2. The predicted octanol–water partition coefficient (Wildman–Crippen LogP) is 4.90. The van der Waals surface area contributed by atoms with Gasteiger partial charge in [0.15, 0.2) is 0 Å². The Bertz CT molecular complexity index is 638. The molecule has 0 atom stereocenters. The van der Waals surface area contributed by atoms with Crippen molar-refractivity contribution in [1.29, 1.82) is 0 Å². The maximum atomic E-state index is 12.0. The molecule has 4 heteroatoms. The molecule has 2 nitrogen and oxygen atoms in total. The Labute approximate surface area is 141 Å². The van der Waals surface area contributed by atoms with Crippen molar-refractivity contribution in [2.24, 2.45) is 0 Å². The minimum absolute atomic E-state index is 0.0500. The molecule has 2 rings (SSSR count). The quantitative estimate of drug-likeness (QED) is 0.764. The van der Waals surface area contributed by atoms with Gasteiger partial charge in [-0.15, -0.1) is 23.5 Å². The van der Waals surface area contributed by atoms with Crippen LogP contribution in [0, 0.1) is 13.8 Å². The van der Waals surface area contributed by atoms with Gasteiger partial charge in [-0.05, 0) is 61.1 Å². The molecular formula is C18H21NOS2. The van der Waals surface area contributed by atoms with Crippen LogP contribution in [-0.4, -0.2) is 17.9 Å². The van der Waals surface area contributed by atoms with Gasteiger partial charge in [-0.25, -0.2) is 0 Å². The molecule has 0 radical (unpaired) electrons. The lowest BCUT2D eigenvalue weighted by Gasteiger charge is -2.08. The number of hydrogen-bond donors (Lipinski definition) is 1. The monoisotopic (exact) mass is 331 g/mol. The molecule has 0 aliphatic heterocycles. The first kappa shape index (κ1) is 17.0. The van der Waals surface area contributed by atoms with Crippen LogP contribution in [0.2, 0.25) is 0 Å². The van der Waals surface area contributed by atoms with Gasteiger partial charge in [-0.2, -0.15) is 0 Å². The highest BCUT2D eigenvalue weighted by Gasteiger charge is 2.04. The lowest BCUT2D eigenvalue weighted by Crippen LogP contribution is -2.14. The molecule has 1 amide bonds. The smallest absolute Gasteiger partial charge is 0.234 e. The Kier molecular flexibility index (Phi) is 6.40. The number of amides is 1. The molecule has 0 bridgehead atoms. The van der Waals surface area contributed by atoms with Gasteiger partial charge in [0.1, 0.15) is 0 Å². The third-order valence-electron chi connectivity index (χ3n) is 3.45. The zero-order valence-corrected chi connectivity index (χ0v) is 14.8. The van der Waals surface area contributed by atoms with Crippen LogP contribution in [0.1, 0.15) is 16.7 Å². The summed E-state index contributed by atoms with van der Waals surface area (Å²) in [6.07, 6.45) is 2.07. The normalized spacial score (nSPS) is 10.5. The molecule has 0 spiro atoms. The van der Waals surface area contributed by atoms with Crippen LogP contribution >= 0.6 is 23.5 Å². The number of anilines is 1. The van der Waals surface area contributed by atoms with Crippen molar-refractivity contribution in [3.8, 4) is 0 Å². The van der Waals surface area contributed by atoms with Crippen molar-refractivity contribution >= 4 is 35.1 Å². The van der Waals surface area contributed by atoms with Gasteiger partial charge in [0, 0.05) is 16.3 Å². The van der Waals surface area contributed by atoms with Gasteiger partial charge in [0.25, 0.3) is 0 Å². The lowest BCUT2D eigenvalue weighted by atomic mass is 10.1. The fraction of sp³-hybridized carbons (Fsp3) is 0.278. The summed E-state index contributed by atoms with van der Waals surface area (Å²) in [5.41, 5.74) is 4.56. The highest BCUT2D eigenvalue weighted by molar-refractivity contribution is 7.99. The number of benzene rings is 2. The van der Waals surface area contributed by atoms with Crippen LogP contribution in [0.3, 0.4) is 0 Å². The standard InChI is InChI=1S/C18H21NOS2/c1-13-4-7-16(10-14(13)2)19-18(20)12-22-11-15-5-8-17(21-3)9-6-15/h4-10H,11-12H2,1-3H3,(H,19,20). The van der Waals surface area contributed by atoms with Crippen LogP contribution in [-0.2, 0) is 10.5 Å². The van der Waals surface area contributed by atoms with E-state index in [0.29, 0.717) is 5.75 Å². The summed E-state index contributed by atoms with van der Waals surface area (Å²) in [6, 6.07) is 14.5. The highest BCUT2D eigenvalue weighted by atomic mass is 32.2. The lowest BCUT2D eigenvalue weighted by molar-refractivity contribution is -0.113. The average molecular weight is 332 g/mol. The van der Waals surface area contributed by atoms with Gasteiger partial charge in [-0.3, -0.25) is 4.79 Å². The van der Waals surface area contributed by atoms with Crippen molar-refractivity contribution in [2.45, 2.75) is 24.5 Å². The van der Waals surface area contributed by atoms with Gasteiger partial charge in [0.05, 0.1) is 5.75 Å². The van der Waals surface area contributed by atoms with Crippen LogP contribution in [0.25, 0.3) is 0 Å². The molecule has 0 unspecified atom stereocenters. The molecule has 0 aromatic heterocycles. The van der Waals surface area contributed by atoms with E-state index < -0.39 is 0 Å². The second kappa shape index (κ2) is 8.30. The molecular weight excluding hydrogens is 310 g/mol. The summed E-state index contributed by atoms with van der Waals surface area (Å²) in [6.45, 7) is 4.12. The van der Waals surface area contributed by atoms with Crippen molar-refractivity contribution in [2.75, 3.05) is 17.3 Å². The minimum atomic E-state index is 0.0500. The van der Waals surface area contributed by atoms with Gasteiger partial charge in [0.2, 0.25) is 5.91 Å². The molecule has 0 saturated heterocycles. The van der Waals surface area contributed by atoms with Crippen molar-refractivity contribution in [1.82, 2.24) is 0 Å². The Morgan fingerprint density at radius 1 is 1.05 bits per heavy atom.